The zero-order chi connectivity index (χ0) is 17.2. The van der Waals surface area contributed by atoms with E-state index in [2.05, 4.69) is 0 Å². The van der Waals surface area contributed by atoms with E-state index in [1.54, 1.807) is 6.07 Å². The first-order valence-corrected chi connectivity index (χ1v) is 8.72. The second kappa shape index (κ2) is 9.90. The van der Waals surface area contributed by atoms with E-state index in [9.17, 15) is 14.9 Å². The molecule has 0 radical (unpaired) electrons. The molecular formula is C18H25NO5. The van der Waals surface area contributed by atoms with Gasteiger partial charge in [-0.2, -0.15) is 0 Å². The molecule has 6 nitrogen and oxygen atoms in total. The monoisotopic (exact) mass is 335 g/mol. The molecule has 2 rings (SSSR count). The number of unbranched alkanes of at least 4 members (excludes halogenated alkanes) is 4. The molecule has 0 spiro atoms. The molecule has 6 heteroatoms. The fourth-order valence-corrected chi connectivity index (χ4v) is 2.87. The zero-order valence-corrected chi connectivity index (χ0v) is 13.9. The van der Waals surface area contributed by atoms with Crippen LogP contribution in [0, 0.1) is 10.1 Å². The summed E-state index contributed by atoms with van der Waals surface area (Å²) >= 11 is 0. The highest BCUT2D eigenvalue weighted by atomic mass is 16.6. The van der Waals surface area contributed by atoms with Crippen molar-refractivity contribution in [2.45, 2.75) is 63.9 Å². The molecular weight excluding hydrogens is 310 g/mol. The number of nitrogens with zero attached hydrogens (tertiary/aromatic N) is 1. The molecule has 1 aliphatic rings. The fraction of sp³-hybridized carbons (Fsp3) is 0.611. The van der Waals surface area contributed by atoms with Crippen LogP contribution in [0.15, 0.2) is 18.2 Å². The standard InChI is InChI=1S/C18H25NO5/c20-12-6-2-1-3-7-13-23-17-11-10-15(19(21)22)14-18(17)24-16-8-4-5-9-16/h10-12,14,16H,1-9,13H2. The number of carbonyl (C=O) groups excluding carboxylic acids is 1. The Hall–Kier alpha value is -2.11. The number of aldehydes is 1. The molecule has 0 unspecified atom stereocenters. The summed E-state index contributed by atoms with van der Waals surface area (Å²) in [5.74, 6) is 1.04. The van der Waals surface area contributed by atoms with E-state index in [0.717, 1.165) is 57.7 Å². The van der Waals surface area contributed by atoms with Gasteiger partial charge < -0.3 is 14.3 Å². The van der Waals surface area contributed by atoms with Crippen molar-refractivity contribution < 1.29 is 19.2 Å². The maximum atomic E-state index is 11.0. The predicted octanol–water partition coefficient (Wildman–Crippen LogP) is 4.44. The van der Waals surface area contributed by atoms with E-state index in [4.69, 9.17) is 9.47 Å². The number of nitro benzene ring substituents is 1. The number of nitro groups is 1. The summed E-state index contributed by atoms with van der Waals surface area (Å²) in [6, 6.07) is 4.52. The minimum Gasteiger partial charge on any atom is -0.490 e. The molecule has 0 aliphatic heterocycles. The second-order valence-electron chi connectivity index (χ2n) is 6.13. The number of benzene rings is 1. The van der Waals surface area contributed by atoms with Crippen LogP contribution in [0.1, 0.15) is 57.8 Å². The maximum Gasteiger partial charge on any atom is 0.273 e. The van der Waals surface area contributed by atoms with Crippen molar-refractivity contribution in [3.8, 4) is 11.5 Å². The van der Waals surface area contributed by atoms with E-state index in [0.29, 0.717) is 24.5 Å². The maximum absolute atomic E-state index is 11.0. The fourth-order valence-electron chi connectivity index (χ4n) is 2.87. The van der Waals surface area contributed by atoms with Crippen molar-refractivity contribution in [1.29, 1.82) is 0 Å². The first-order valence-electron chi connectivity index (χ1n) is 8.72. The van der Waals surface area contributed by atoms with Crippen LogP contribution in [-0.2, 0) is 4.79 Å². The Kier molecular flexibility index (Phi) is 7.52. The highest BCUT2D eigenvalue weighted by molar-refractivity contribution is 5.49. The highest BCUT2D eigenvalue weighted by Gasteiger charge is 2.20. The molecule has 1 aromatic carbocycles. The molecule has 1 saturated carbocycles. The Morgan fingerprint density at radius 2 is 1.88 bits per heavy atom. The summed E-state index contributed by atoms with van der Waals surface area (Å²) < 4.78 is 11.7. The molecule has 1 fully saturated rings. The third-order valence-corrected chi connectivity index (χ3v) is 4.21. The average Bonchev–Trinajstić information content (AvgIpc) is 3.08. The Labute approximate surface area is 142 Å². The lowest BCUT2D eigenvalue weighted by molar-refractivity contribution is -0.385. The van der Waals surface area contributed by atoms with E-state index in [1.807, 2.05) is 0 Å². The number of non-ortho nitro benzene ring substituents is 1. The summed E-state index contributed by atoms with van der Waals surface area (Å²) in [5, 5.41) is 11.0. The molecule has 0 heterocycles. The summed E-state index contributed by atoms with van der Waals surface area (Å²) in [6.07, 6.45) is 9.73. The van der Waals surface area contributed by atoms with E-state index in [1.165, 1.54) is 12.1 Å². The number of hydrogen-bond acceptors (Lipinski definition) is 5. The summed E-state index contributed by atoms with van der Waals surface area (Å²) in [5.41, 5.74) is 0.0178. The zero-order valence-electron chi connectivity index (χ0n) is 13.9. The van der Waals surface area contributed by atoms with Gasteiger partial charge in [-0.05, 0) is 44.6 Å². The van der Waals surface area contributed by atoms with Crippen molar-refractivity contribution in [1.82, 2.24) is 0 Å². The second-order valence-corrected chi connectivity index (χ2v) is 6.13. The number of rotatable bonds is 11. The van der Waals surface area contributed by atoms with Crippen LogP contribution < -0.4 is 9.47 Å². The van der Waals surface area contributed by atoms with Crippen LogP contribution in [0.2, 0.25) is 0 Å². The Bertz CT molecular complexity index is 540. The molecule has 1 aliphatic carbocycles. The lowest BCUT2D eigenvalue weighted by atomic mass is 10.2. The van der Waals surface area contributed by atoms with Gasteiger partial charge in [-0.25, -0.2) is 0 Å². The normalized spacial score (nSPS) is 14.5. The molecule has 1 aromatic rings. The van der Waals surface area contributed by atoms with Crippen LogP contribution in [0.4, 0.5) is 5.69 Å². The van der Waals surface area contributed by atoms with Crippen molar-refractivity contribution >= 4 is 12.0 Å². The van der Waals surface area contributed by atoms with Crippen LogP contribution in [-0.4, -0.2) is 23.9 Å². The third-order valence-electron chi connectivity index (χ3n) is 4.21. The van der Waals surface area contributed by atoms with Crippen LogP contribution in [0.25, 0.3) is 0 Å². The first-order chi connectivity index (χ1) is 11.7. The number of ether oxygens (including phenoxy) is 2. The van der Waals surface area contributed by atoms with Gasteiger partial charge in [0, 0.05) is 12.5 Å². The quantitative estimate of drug-likeness (QED) is 0.258. The summed E-state index contributed by atoms with van der Waals surface area (Å²) in [7, 11) is 0. The van der Waals surface area contributed by atoms with Gasteiger partial charge in [0.1, 0.15) is 6.29 Å². The molecule has 0 saturated heterocycles. The van der Waals surface area contributed by atoms with E-state index >= 15 is 0 Å². The van der Waals surface area contributed by atoms with Crippen molar-refractivity contribution in [2.24, 2.45) is 0 Å². The third kappa shape index (κ3) is 5.83. The van der Waals surface area contributed by atoms with Crippen LogP contribution in [0.5, 0.6) is 11.5 Å². The predicted molar refractivity (Wildman–Crippen MR) is 90.6 cm³/mol. The van der Waals surface area contributed by atoms with Gasteiger partial charge in [-0.1, -0.05) is 12.8 Å². The highest BCUT2D eigenvalue weighted by Crippen LogP contribution is 2.34. The van der Waals surface area contributed by atoms with Crippen molar-refractivity contribution in [2.75, 3.05) is 6.61 Å². The topological polar surface area (TPSA) is 78.7 Å². The lowest BCUT2D eigenvalue weighted by Crippen LogP contribution is -2.12. The molecule has 0 N–H and O–H groups in total. The smallest absolute Gasteiger partial charge is 0.273 e. The van der Waals surface area contributed by atoms with Gasteiger partial charge in [0.05, 0.1) is 23.7 Å². The van der Waals surface area contributed by atoms with Gasteiger partial charge >= 0.3 is 0 Å². The SMILES string of the molecule is O=CCCCCCCOc1ccc([N+](=O)[O-])cc1OC1CCCC1. The minimum absolute atomic E-state index is 0.0178. The van der Waals surface area contributed by atoms with Gasteiger partial charge in [-0.3, -0.25) is 10.1 Å². The minimum atomic E-state index is -0.418. The number of carbonyl (C=O) groups is 1. The summed E-state index contributed by atoms with van der Waals surface area (Å²) in [4.78, 5) is 20.8. The Morgan fingerprint density at radius 1 is 1.12 bits per heavy atom. The van der Waals surface area contributed by atoms with Crippen LogP contribution >= 0.6 is 0 Å². The van der Waals surface area contributed by atoms with Crippen LogP contribution in [0.3, 0.4) is 0 Å². The molecule has 0 bridgehead atoms. The molecule has 132 valence electrons. The largest absolute Gasteiger partial charge is 0.490 e. The van der Waals surface area contributed by atoms with E-state index < -0.39 is 4.92 Å². The van der Waals surface area contributed by atoms with Gasteiger partial charge in [0.15, 0.2) is 11.5 Å². The Balaban J connectivity index is 1.89. The van der Waals surface area contributed by atoms with Crippen molar-refractivity contribution in [3.63, 3.8) is 0 Å². The van der Waals surface area contributed by atoms with E-state index in [-0.39, 0.29) is 11.8 Å². The lowest BCUT2D eigenvalue weighted by Gasteiger charge is -2.16. The Morgan fingerprint density at radius 3 is 2.58 bits per heavy atom. The molecule has 24 heavy (non-hydrogen) atoms. The van der Waals surface area contributed by atoms with Gasteiger partial charge in [-0.15, -0.1) is 0 Å². The summed E-state index contributed by atoms with van der Waals surface area (Å²) in [6.45, 7) is 0.542. The molecule has 0 amide bonds. The van der Waals surface area contributed by atoms with Gasteiger partial charge in [0.2, 0.25) is 0 Å². The first kappa shape index (κ1) is 18.2. The molecule has 0 atom stereocenters. The number of hydrogen-bond donors (Lipinski definition) is 0. The van der Waals surface area contributed by atoms with Crippen molar-refractivity contribution in [3.05, 3.63) is 28.3 Å². The average molecular weight is 335 g/mol. The van der Waals surface area contributed by atoms with Gasteiger partial charge in [0.25, 0.3) is 5.69 Å². The molecule has 0 aromatic heterocycles.